The minimum absolute atomic E-state index is 0.0922. The molecule has 3 rings (SSSR count). The zero-order valence-corrected chi connectivity index (χ0v) is 27.0. The first-order valence-corrected chi connectivity index (χ1v) is 14.4. The molecule has 3 aliphatic rings. The third kappa shape index (κ3) is 18.2. The van der Waals surface area contributed by atoms with E-state index >= 15 is 0 Å². The van der Waals surface area contributed by atoms with Gasteiger partial charge in [-0.05, 0) is 12.8 Å². The summed E-state index contributed by atoms with van der Waals surface area (Å²) >= 11 is 0. The van der Waals surface area contributed by atoms with Crippen LogP contribution in [0.15, 0.2) is 0 Å². The van der Waals surface area contributed by atoms with E-state index in [4.69, 9.17) is 81.5 Å². The number of hydrogen-bond donors (Lipinski definition) is 14. The lowest BCUT2D eigenvalue weighted by atomic mass is 9.86. The second-order valence-electron chi connectivity index (χ2n) is 10.7. The summed E-state index contributed by atoms with van der Waals surface area (Å²) in [5.74, 6) is -3.33. The van der Waals surface area contributed by atoms with Crippen molar-refractivity contribution in [1.82, 2.24) is 0 Å². The smallest absolute Gasteiger partial charge is 0.300 e. The van der Waals surface area contributed by atoms with E-state index in [1.807, 2.05) is 0 Å². The van der Waals surface area contributed by atoms with Gasteiger partial charge in [0.1, 0.15) is 48.8 Å². The van der Waals surface area contributed by atoms with Crippen LogP contribution in [0, 0.1) is 0 Å². The normalized spacial score (nSPS) is 37.2. The molecule has 0 aromatic carbocycles. The predicted molar refractivity (Wildman–Crippen MR) is 160 cm³/mol. The van der Waals surface area contributed by atoms with E-state index in [0.717, 1.165) is 27.7 Å². The summed E-state index contributed by atoms with van der Waals surface area (Å²) in [5, 5.41) is 89.9. The fourth-order valence-electron chi connectivity index (χ4n) is 4.29. The SMILES string of the molecule is CC(=O)O.CC(=O)O.CC(=O)O.CC(=O)O.NC[C@H]1O[C@H](O[C@H]2C[C@H](N)[C@@H](O[C@H]3O[C@H](CN)[C@@H](O)[C@H](O)[C@H]3O)C[C@@H]2N)[C@H](O)[C@@H](O)[C@@H]1O. The Kier molecular flexibility index (Phi) is 23.4. The number of ether oxygens (including phenoxy) is 4. The number of hydrogen-bond acceptors (Lipinski definition) is 18. The van der Waals surface area contributed by atoms with Gasteiger partial charge in [0.25, 0.3) is 23.9 Å². The first-order valence-electron chi connectivity index (χ1n) is 14.4. The molecule has 2 heterocycles. The van der Waals surface area contributed by atoms with Crippen molar-refractivity contribution in [3.05, 3.63) is 0 Å². The van der Waals surface area contributed by atoms with Crippen LogP contribution in [0.25, 0.3) is 0 Å². The Morgan fingerprint density at radius 3 is 0.979 bits per heavy atom. The molecule has 2 aliphatic heterocycles. The van der Waals surface area contributed by atoms with Crippen molar-refractivity contribution in [3.8, 4) is 0 Å². The number of carboxylic acid groups (broad SMARTS) is 4. The van der Waals surface area contributed by atoms with Crippen LogP contribution in [0.5, 0.6) is 0 Å². The highest BCUT2D eigenvalue weighted by Gasteiger charge is 2.48. The van der Waals surface area contributed by atoms with Crippen molar-refractivity contribution in [2.24, 2.45) is 22.9 Å². The van der Waals surface area contributed by atoms with Crippen LogP contribution in [0.3, 0.4) is 0 Å². The van der Waals surface area contributed by atoms with Crippen LogP contribution in [0.1, 0.15) is 40.5 Å². The highest BCUT2D eigenvalue weighted by molar-refractivity contribution is 5.63. The van der Waals surface area contributed by atoms with Gasteiger partial charge in [0, 0.05) is 52.9 Å². The van der Waals surface area contributed by atoms with Crippen molar-refractivity contribution in [3.63, 3.8) is 0 Å². The molecule has 0 aromatic rings. The van der Waals surface area contributed by atoms with E-state index in [-0.39, 0.29) is 25.9 Å². The third-order valence-electron chi connectivity index (χ3n) is 6.38. The Bertz CT molecular complexity index is 848. The van der Waals surface area contributed by atoms with Crippen LogP contribution in [0.4, 0.5) is 0 Å². The standard InChI is InChI=1S/C18H36N4O10.4C2H4O2/c19-3-9-11(23)13(25)15(27)17(31-9)29-7-1-5(21)8(2-6(7)22)30-18-16(28)14(26)12(24)10(4-20)32-18;4*1-2(3)4/h5-18,23-28H,1-4,19-22H2;4*1H3,(H,3,4)/t5-,6-,7-,8-,9+,10+,11+,12+,13-,14-,15+,16+,17-,18-;;;;/m0..../s1. The van der Waals surface area contributed by atoms with E-state index in [9.17, 15) is 30.6 Å². The van der Waals surface area contributed by atoms with Gasteiger partial charge in [-0.3, -0.25) is 19.2 Å². The van der Waals surface area contributed by atoms with E-state index in [0.29, 0.717) is 0 Å². The van der Waals surface area contributed by atoms with Gasteiger partial charge in [-0.15, -0.1) is 0 Å². The van der Waals surface area contributed by atoms with Crippen molar-refractivity contribution in [1.29, 1.82) is 0 Å². The second kappa shape index (κ2) is 23.6. The molecule has 1 saturated carbocycles. The highest BCUT2D eigenvalue weighted by Crippen LogP contribution is 2.30. The molecule has 3 fully saturated rings. The molecule has 0 bridgehead atoms. The number of rotatable bonds is 6. The topological polar surface area (TPSA) is 412 Å². The zero-order valence-electron chi connectivity index (χ0n) is 27.0. The van der Waals surface area contributed by atoms with Gasteiger partial charge >= 0.3 is 0 Å². The number of carbonyl (C=O) groups is 4. The summed E-state index contributed by atoms with van der Waals surface area (Å²) in [4.78, 5) is 36.0. The highest BCUT2D eigenvalue weighted by atomic mass is 16.7. The van der Waals surface area contributed by atoms with Crippen molar-refractivity contribution in [2.45, 2.75) is 126 Å². The van der Waals surface area contributed by atoms with Gasteiger partial charge in [0.15, 0.2) is 12.6 Å². The van der Waals surface area contributed by atoms with Crippen LogP contribution in [0.2, 0.25) is 0 Å². The maximum atomic E-state index is 10.2. The van der Waals surface area contributed by atoms with Gasteiger partial charge < -0.3 is 92.9 Å². The molecular weight excluding hydrogens is 656 g/mol. The molecule has 22 heteroatoms. The van der Waals surface area contributed by atoms with Gasteiger partial charge in [0.05, 0.1) is 12.2 Å². The molecule has 1 aliphatic carbocycles. The Morgan fingerprint density at radius 1 is 0.542 bits per heavy atom. The van der Waals surface area contributed by atoms with E-state index < -0.39 is 110 Å². The van der Waals surface area contributed by atoms with Crippen molar-refractivity contribution in [2.75, 3.05) is 13.1 Å². The average Bonchev–Trinajstić information content (AvgIpc) is 2.94. The third-order valence-corrected chi connectivity index (χ3v) is 6.38. The molecule has 14 atom stereocenters. The molecule has 48 heavy (non-hydrogen) atoms. The summed E-state index contributed by atoms with van der Waals surface area (Å²) < 4.78 is 22.5. The zero-order chi connectivity index (χ0) is 38.0. The van der Waals surface area contributed by atoms with Gasteiger partial charge in [-0.1, -0.05) is 0 Å². The minimum Gasteiger partial charge on any atom is -0.481 e. The molecule has 0 radical (unpaired) electrons. The molecule has 0 spiro atoms. The molecule has 284 valence electrons. The Hall–Kier alpha value is -2.68. The monoisotopic (exact) mass is 708 g/mol. The van der Waals surface area contributed by atoms with Gasteiger partial charge in [-0.2, -0.15) is 0 Å². The summed E-state index contributed by atoms with van der Waals surface area (Å²) in [5.41, 5.74) is 23.5. The first-order chi connectivity index (χ1) is 22.0. The Morgan fingerprint density at radius 2 is 0.771 bits per heavy atom. The van der Waals surface area contributed by atoms with Crippen LogP contribution in [-0.4, -0.2) is 174 Å². The second-order valence-corrected chi connectivity index (χ2v) is 10.7. The maximum Gasteiger partial charge on any atom is 0.300 e. The molecule has 22 nitrogen and oxygen atoms in total. The molecular formula is C26H52N4O18. The quantitative estimate of drug-likeness (QED) is 0.122. The number of aliphatic hydroxyl groups is 6. The van der Waals surface area contributed by atoms with Crippen molar-refractivity contribution < 1.29 is 89.2 Å². The summed E-state index contributed by atoms with van der Waals surface area (Å²) in [6.45, 7) is 4.15. The van der Waals surface area contributed by atoms with E-state index in [2.05, 4.69) is 0 Å². The first kappa shape index (κ1) is 47.4. The van der Waals surface area contributed by atoms with Gasteiger partial charge in [-0.25, -0.2) is 0 Å². The van der Waals surface area contributed by atoms with Crippen LogP contribution in [-0.2, 0) is 38.1 Å². The fourth-order valence-corrected chi connectivity index (χ4v) is 4.29. The maximum absolute atomic E-state index is 10.2. The van der Waals surface area contributed by atoms with Crippen LogP contribution >= 0.6 is 0 Å². The average molecular weight is 709 g/mol. The largest absolute Gasteiger partial charge is 0.481 e. The number of carboxylic acids is 4. The van der Waals surface area contributed by atoms with E-state index in [1.54, 1.807) is 0 Å². The molecule has 18 N–H and O–H groups in total. The summed E-state index contributed by atoms with van der Waals surface area (Å²) in [6.07, 6.45) is -14.1. The lowest BCUT2D eigenvalue weighted by Crippen LogP contribution is -2.64. The Labute approximate surface area is 275 Å². The number of aliphatic hydroxyl groups excluding tert-OH is 6. The van der Waals surface area contributed by atoms with Crippen molar-refractivity contribution >= 4 is 23.9 Å². The molecule has 2 saturated heterocycles. The number of nitrogens with two attached hydrogens (primary N) is 4. The molecule has 0 unspecified atom stereocenters. The van der Waals surface area contributed by atoms with Gasteiger partial charge in [0.2, 0.25) is 0 Å². The number of aliphatic carboxylic acids is 4. The fraction of sp³-hybridized carbons (Fsp3) is 0.846. The summed E-state index contributed by atoms with van der Waals surface area (Å²) in [7, 11) is 0. The molecule has 0 amide bonds. The lowest BCUT2D eigenvalue weighted by Gasteiger charge is -2.46. The van der Waals surface area contributed by atoms with E-state index in [1.165, 1.54) is 0 Å². The minimum atomic E-state index is -1.52. The van der Waals surface area contributed by atoms with Crippen LogP contribution < -0.4 is 22.9 Å². The molecule has 0 aromatic heterocycles. The summed E-state index contributed by atoms with van der Waals surface area (Å²) in [6, 6.07) is -1.25. The Balaban J connectivity index is 0. The lowest BCUT2D eigenvalue weighted by molar-refractivity contribution is -0.319. The predicted octanol–water partition coefficient (Wildman–Crippen LogP) is -5.90.